The average Bonchev–Trinajstić information content (AvgIpc) is 3.10. The summed E-state index contributed by atoms with van der Waals surface area (Å²) in [7, 11) is 3.00. The number of aromatic nitrogens is 2. The molecule has 2 saturated carbocycles. The third-order valence-electron chi connectivity index (χ3n) is 10.7. The van der Waals surface area contributed by atoms with E-state index in [1.54, 1.807) is 12.1 Å². The molecule has 4 aromatic rings. The minimum Gasteiger partial charge on any atom is -0.481 e. The zero-order valence-corrected chi connectivity index (χ0v) is 32.2. The summed E-state index contributed by atoms with van der Waals surface area (Å²) >= 11 is 13.2. The maximum atomic E-state index is 11.8. The molecule has 12 nitrogen and oxygen atoms in total. The quantitative estimate of drug-likeness (QED) is 0.0840. The number of carbonyl (C=O) groups is 2. The zero-order chi connectivity index (χ0) is 38.6. The number of rotatable bonds is 17. The predicted molar refractivity (Wildman–Crippen MR) is 204 cm³/mol. The summed E-state index contributed by atoms with van der Waals surface area (Å²) in [4.78, 5) is 32.6. The Morgan fingerprint density at radius 3 is 1.37 bits per heavy atom. The van der Waals surface area contributed by atoms with Crippen LogP contribution < -0.4 is 29.6 Å². The first-order valence-corrected chi connectivity index (χ1v) is 18.5. The van der Waals surface area contributed by atoms with Crippen LogP contribution in [0.25, 0.3) is 11.1 Å². The lowest BCUT2D eigenvalue weighted by molar-refractivity contribution is -0.149. The van der Waals surface area contributed by atoms with Crippen molar-refractivity contribution in [2.24, 2.45) is 0 Å². The summed E-state index contributed by atoms with van der Waals surface area (Å²) in [6, 6.07) is 15.4. The minimum atomic E-state index is -0.935. The van der Waals surface area contributed by atoms with Gasteiger partial charge in [-0.05, 0) is 97.9 Å². The van der Waals surface area contributed by atoms with Gasteiger partial charge in [-0.2, -0.15) is 9.97 Å². The lowest BCUT2D eigenvalue weighted by atomic mass is 9.76. The average molecular weight is 780 g/mol. The number of nitrogens with zero attached hydrogens (tertiary/aromatic N) is 2. The maximum Gasteiger partial charge on any atom is 0.323 e. The van der Waals surface area contributed by atoms with Crippen LogP contribution in [0, 0.1) is 13.8 Å². The SMILES string of the molecule is COc1nc(OCc2cccc(-c3cccc(COc4nc(OC)c(CNC5(C(=O)O)CCC5)cc4Cl)c3C)c2C)c(Cl)cc1CNC1(C(=O)O)CCC1. The number of aliphatic carboxylic acids is 2. The first kappa shape index (κ1) is 39.1. The fraction of sp³-hybridized carbons (Fsp3) is 0.400. The molecule has 14 heteroatoms. The molecule has 0 unspecified atom stereocenters. The molecule has 2 aromatic heterocycles. The van der Waals surface area contributed by atoms with Crippen molar-refractivity contribution in [1.29, 1.82) is 0 Å². The fourth-order valence-corrected chi connectivity index (χ4v) is 7.33. The molecule has 0 spiro atoms. The van der Waals surface area contributed by atoms with Gasteiger partial charge in [-0.3, -0.25) is 20.2 Å². The van der Waals surface area contributed by atoms with E-state index in [0.717, 1.165) is 46.2 Å². The Hall–Kier alpha value is -4.62. The lowest BCUT2D eigenvalue weighted by Gasteiger charge is -2.38. The third kappa shape index (κ3) is 7.93. The van der Waals surface area contributed by atoms with E-state index in [1.165, 1.54) is 14.2 Å². The molecular weight excluding hydrogens is 735 g/mol. The second-order valence-electron chi connectivity index (χ2n) is 13.8. The van der Waals surface area contributed by atoms with Crippen LogP contribution >= 0.6 is 23.2 Å². The number of carboxylic acid groups (broad SMARTS) is 2. The summed E-state index contributed by atoms with van der Waals surface area (Å²) in [5, 5.41) is 26.2. The van der Waals surface area contributed by atoms with Crippen LogP contribution in [-0.2, 0) is 35.9 Å². The monoisotopic (exact) mass is 778 g/mol. The van der Waals surface area contributed by atoms with E-state index in [0.29, 0.717) is 58.6 Å². The molecule has 54 heavy (non-hydrogen) atoms. The zero-order valence-electron chi connectivity index (χ0n) is 30.7. The van der Waals surface area contributed by atoms with Crippen molar-refractivity contribution in [3.63, 3.8) is 0 Å². The van der Waals surface area contributed by atoms with E-state index in [4.69, 9.17) is 42.1 Å². The highest BCUT2D eigenvalue weighted by atomic mass is 35.5. The molecule has 0 bridgehead atoms. The van der Waals surface area contributed by atoms with Crippen LogP contribution in [-0.4, -0.2) is 57.4 Å². The Labute approximate surface area is 324 Å². The van der Waals surface area contributed by atoms with Gasteiger partial charge in [-0.25, -0.2) is 0 Å². The van der Waals surface area contributed by atoms with Crippen molar-refractivity contribution in [3.05, 3.63) is 92.0 Å². The first-order chi connectivity index (χ1) is 25.9. The number of methoxy groups -OCH3 is 2. The number of nitrogens with one attached hydrogen (secondary N) is 2. The van der Waals surface area contributed by atoms with Crippen molar-refractivity contribution < 1.29 is 38.7 Å². The predicted octanol–water partition coefficient (Wildman–Crippen LogP) is 7.44. The van der Waals surface area contributed by atoms with Gasteiger partial charge in [0.2, 0.25) is 23.5 Å². The highest BCUT2D eigenvalue weighted by Crippen LogP contribution is 2.37. The number of benzene rings is 2. The van der Waals surface area contributed by atoms with Crippen LogP contribution in [0.5, 0.6) is 23.5 Å². The molecule has 2 heterocycles. The molecule has 0 amide bonds. The molecule has 0 aliphatic heterocycles. The number of halogens is 2. The molecule has 4 N–H and O–H groups in total. The Morgan fingerprint density at radius 1 is 0.667 bits per heavy atom. The van der Waals surface area contributed by atoms with Gasteiger partial charge in [-0.1, -0.05) is 59.6 Å². The second-order valence-corrected chi connectivity index (χ2v) is 14.6. The van der Waals surface area contributed by atoms with Crippen LogP contribution in [0.2, 0.25) is 10.0 Å². The van der Waals surface area contributed by atoms with E-state index in [1.807, 2.05) is 38.1 Å². The number of carboxylic acids is 2. The Morgan fingerprint density at radius 2 is 1.06 bits per heavy atom. The molecule has 0 atom stereocenters. The highest BCUT2D eigenvalue weighted by Gasteiger charge is 2.45. The molecule has 2 aliphatic rings. The molecule has 2 aliphatic carbocycles. The molecule has 2 fully saturated rings. The standard InChI is InChI=1S/C40H44Cl2N4O8/c1-23-25(21-53-35-31(41)17-27(33(45-35)51-3)19-43-39(37(47)48)13-7-14-39)9-5-11-29(23)30-12-6-10-26(24(30)2)22-54-36-32(42)18-28(34(46-36)52-4)20-44-40(38(49)50)15-8-16-40/h5-6,9-12,17-18,43-44H,7-8,13-16,19-22H2,1-4H3,(H,47,48)(H,49,50). The van der Waals surface area contributed by atoms with Gasteiger partial charge in [0.1, 0.15) is 34.3 Å². The molecule has 286 valence electrons. The first-order valence-electron chi connectivity index (χ1n) is 17.8. The number of hydrogen-bond donors (Lipinski definition) is 4. The minimum absolute atomic E-state index is 0.200. The van der Waals surface area contributed by atoms with Crippen LogP contribution in [0.4, 0.5) is 0 Å². The van der Waals surface area contributed by atoms with Gasteiger partial charge in [0.05, 0.1) is 14.2 Å². The molecule has 0 saturated heterocycles. The van der Waals surface area contributed by atoms with Crippen LogP contribution in [0.1, 0.15) is 71.9 Å². The topological polar surface area (TPSA) is 161 Å². The highest BCUT2D eigenvalue weighted by molar-refractivity contribution is 6.32. The van der Waals surface area contributed by atoms with Crippen molar-refractivity contribution in [2.75, 3.05) is 14.2 Å². The Bertz CT molecular complexity index is 1910. The molecular formula is C40H44Cl2N4O8. The third-order valence-corrected chi connectivity index (χ3v) is 11.3. The maximum absolute atomic E-state index is 11.8. The molecule has 2 aromatic carbocycles. The van der Waals surface area contributed by atoms with E-state index in [-0.39, 0.29) is 38.1 Å². The number of ether oxygens (including phenoxy) is 4. The summed E-state index contributed by atoms with van der Waals surface area (Å²) < 4.78 is 23.3. The Kier molecular flexibility index (Phi) is 11.9. The lowest BCUT2D eigenvalue weighted by Crippen LogP contribution is -2.56. The normalized spacial score (nSPS) is 15.4. The van der Waals surface area contributed by atoms with E-state index < -0.39 is 23.0 Å². The largest absolute Gasteiger partial charge is 0.481 e. The van der Waals surface area contributed by atoms with Crippen molar-refractivity contribution >= 4 is 35.1 Å². The van der Waals surface area contributed by atoms with Gasteiger partial charge in [-0.15, -0.1) is 0 Å². The summed E-state index contributed by atoms with van der Waals surface area (Å²) in [5.74, 6) is -0.687. The van der Waals surface area contributed by atoms with Crippen LogP contribution in [0.15, 0.2) is 48.5 Å². The van der Waals surface area contributed by atoms with Crippen molar-refractivity contribution in [2.45, 2.75) is 89.8 Å². The summed E-state index contributed by atoms with van der Waals surface area (Å²) in [6.45, 7) is 4.96. The molecule has 0 radical (unpaired) electrons. The van der Waals surface area contributed by atoms with Gasteiger partial charge in [0.25, 0.3) is 0 Å². The van der Waals surface area contributed by atoms with E-state index >= 15 is 0 Å². The van der Waals surface area contributed by atoms with Crippen molar-refractivity contribution in [3.8, 4) is 34.6 Å². The van der Waals surface area contributed by atoms with E-state index in [2.05, 4.69) is 32.7 Å². The number of hydrogen-bond acceptors (Lipinski definition) is 10. The Balaban J connectivity index is 1.13. The van der Waals surface area contributed by atoms with Crippen LogP contribution in [0.3, 0.4) is 0 Å². The number of pyridine rings is 2. The smallest absolute Gasteiger partial charge is 0.323 e. The van der Waals surface area contributed by atoms with Gasteiger partial charge in [0, 0.05) is 24.2 Å². The second kappa shape index (κ2) is 16.4. The van der Waals surface area contributed by atoms with Crippen molar-refractivity contribution in [1.82, 2.24) is 20.6 Å². The van der Waals surface area contributed by atoms with E-state index in [9.17, 15) is 19.8 Å². The summed E-state index contributed by atoms with van der Waals surface area (Å²) in [6.07, 6.45) is 3.99. The fourth-order valence-electron chi connectivity index (χ4n) is 6.87. The van der Waals surface area contributed by atoms with Gasteiger partial charge in [0.15, 0.2) is 0 Å². The summed E-state index contributed by atoms with van der Waals surface area (Å²) in [5.41, 5.74) is 5.38. The van der Waals surface area contributed by atoms with Gasteiger partial charge < -0.3 is 29.2 Å². The van der Waals surface area contributed by atoms with Gasteiger partial charge >= 0.3 is 11.9 Å². The molecule has 6 rings (SSSR count).